The molecule has 104 valence electrons. The molecule has 0 amide bonds. The van der Waals surface area contributed by atoms with Gasteiger partial charge in [-0.15, -0.1) is 6.58 Å². The van der Waals surface area contributed by atoms with Crippen LogP contribution in [-0.2, 0) is 0 Å². The summed E-state index contributed by atoms with van der Waals surface area (Å²) in [6, 6.07) is 7.23. The van der Waals surface area contributed by atoms with Gasteiger partial charge < -0.3 is 15.7 Å². The van der Waals surface area contributed by atoms with E-state index in [0.29, 0.717) is 23.1 Å². The summed E-state index contributed by atoms with van der Waals surface area (Å²) in [6.45, 7) is 7.24. The van der Waals surface area contributed by atoms with Gasteiger partial charge in [-0.05, 0) is 13.0 Å². The molecule has 0 spiro atoms. The molecule has 0 bridgehead atoms. The first-order valence-electron chi connectivity index (χ1n) is 6.24. The fourth-order valence-corrected chi connectivity index (χ4v) is 1.79. The van der Waals surface area contributed by atoms with E-state index in [9.17, 15) is 5.11 Å². The van der Waals surface area contributed by atoms with Gasteiger partial charge in [-0.2, -0.15) is 0 Å². The molecule has 1 rings (SSSR count). The van der Waals surface area contributed by atoms with Crippen molar-refractivity contribution in [2.45, 2.75) is 13.0 Å². The van der Waals surface area contributed by atoms with E-state index in [-0.39, 0.29) is 6.54 Å². The second kappa shape index (κ2) is 8.56. The molecule has 0 saturated heterocycles. The monoisotopic (exact) mass is 281 g/mol. The van der Waals surface area contributed by atoms with Crippen LogP contribution in [0, 0.1) is 0 Å². The number of aliphatic imine (C=N–C) groups is 1. The molecule has 0 aliphatic heterocycles. The number of rotatable bonds is 6. The molecule has 1 aromatic rings. The molecule has 19 heavy (non-hydrogen) atoms. The van der Waals surface area contributed by atoms with Crippen LogP contribution < -0.4 is 10.6 Å². The quantitative estimate of drug-likeness (QED) is 0.425. The van der Waals surface area contributed by atoms with Crippen molar-refractivity contribution in [3.8, 4) is 0 Å². The Bertz CT molecular complexity index is 434. The minimum Gasteiger partial charge on any atom is -0.386 e. The Labute approximate surface area is 119 Å². The van der Waals surface area contributed by atoms with Crippen LogP contribution in [0.15, 0.2) is 41.9 Å². The van der Waals surface area contributed by atoms with Gasteiger partial charge in [0.25, 0.3) is 0 Å². The molecule has 0 heterocycles. The Morgan fingerprint density at radius 1 is 1.47 bits per heavy atom. The lowest BCUT2D eigenvalue weighted by molar-refractivity contribution is 0.187. The summed E-state index contributed by atoms with van der Waals surface area (Å²) in [7, 11) is 0. The molecule has 0 radical (unpaired) electrons. The molecule has 1 unspecified atom stereocenters. The predicted molar refractivity (Wildman–Crippen MR) is 80.6 cm³/mol. The number of guanidine groups is 1. The lowest BCUT2D eigenvalue weighted by atomic mass is 10.1. The summed E-state index contributed by atoms with van der Waals surface area (Å²) in [5.74, 6) is 0.647. The van der Waals surface area contributed by atoms with E-state index in [4.69, 9.17) is 11.6 Å². The molecular weight excluding hydrogens is 262 g/mol. The van der Waals surface area contributed by atoms with Crippen LogP contribution in [0.25, 0.3) is 0 Å². The van der Waals surface area contributed by atoms with Gasteiger partial charge in [0.2, 0.25) is 0 Å². The smallest absolute Gasteiger partial charge is 0.191 e. The Kier molecular flexibility index (Phi) is 7.00. The molecular formula is C14H20ClN3O. The van der Waals surface area contributed by atoms with Crippen LogP contribution in [0.2, 0.25) is 5.02 Å². The average Bonchev–Trinajstić information content (AvgIpc) is 2.42. The largest absolute Gasteiger partial charge is 0.386 e. The van der Waals surface area contributed by atoms with E-state index in [1.165, 1.54) is 0 Å². The normalized spacial score (nSPS) is 12.9. The molecule has 3 N–H and O–H groups in total. The van der Waals surface area contributed by atoms with Crippen LogP contribution in [0.3, 0.4) is 0 Å². The predicted octanol–water partition coefficient (Wildman–Crippen LogP) is 2.11. The Hall–Kier alpha value is -1.52. The topological polar surface area (TPSA) is 56.7 Å². The van der Waals surface area contributed by atoms with Crippen LogP contribution >= 0.6 is 11.6 Å². The van der Waals surface area contributed by atoms with Crippen LogP contribution in [0.1, 0.15) is 18.6 Å². The summed E-state index contributed by atoms with van der Waals surface area (Å²) < 4.78 is 0. The van der Waals surface area contributed by atoms with Gasteiger partial charge in [-0.1, -0.05) is 35.9 Å². The zero-order valence-electron chi connectivity index (χ0n) is 11.1. The summed E-state index contributed by atoms with van der Waals surface area (Å²) >= 11 is 6.03. The van der Waals surface area contributed by atoms with Crippen molar-refractivity contribution in [3.63, 3.8) is 0 Å². The van der Waals surface area contributed by atoms with E-state index >= 15 is 0 Å². The highest BCUT2D eigenvalue weighted by atomic mass is 35.5. The van der Waals surface area contributed by atoms with Crippen molar-refractivity contribution in [2.75, 3.05) is 19.6 Å². The van der Waals surface area contributed by atoms with Crippen molar-refractivity contribution in [3.05, 3.63) is 47.5 Å². The number of nitrogens with one attached hydrogen (secondary N) is 2. The number of aliphatic hydroxyl groups excluding tert-OH is 1. The molecule has 0 aromatic heterocycles. The fourth-order valence-electron chi connectivity index (χ4n) is 1.53. The maximum Gasteiger partial charge on any atom is 0.191 e. The van der Waals surface area contributed by atoms with E-state index in [0.717, 1.165) is 6.54 Å². The molecule has 1 aromatic carbocycles. The number of aliphatic hydroxyl groups is 1. The zero-order chi connectivity index (χ0) is 14.1. The van der Waals surface area contributed by atoms with Crippen molar-refractivity contribution < 1.29 is 5.11 Å². The molecule has 4 nitrogen and oxygen atoms in total. The number of hydrogen-bond donors (Lipinski definition) is 3. The molecule has 5 heteroatoms. The van der Waals surface area contributed by atoms with Crippen molar-refractivity contribution >= 4 is 17.6 Å². The summed E-state index contributed by atoms with van der Waals surface area (Å²) in [5, 5.41) is 16.8. The van der Waals surface area contributed by atoms with Crippen LogP contribution in [0.5, 0.6) is 0 Å². The minimum atomic E-state index is -0.715. The third-order valence-corrected chi connectivity index (χ3v) is 2.79. The van der Waals surface area contributed by atoms with Gasteiger partial charge >= 0.3 is 0 Å². The van der Waals surface area contributed by atoms with Gasteiger partial charge in [0, 0.05) is 23.7 Å². The second-order valence-corrected chi connectivity index (χ2v) is 4.33. The van der Waals surface area contributed by atoms with Crippen LogP contribution in [0.4, 0.5) is 0 Å². The summed E-state index contributed by atoms with van der Waals surface area (Å²) in [5.41, 5.74) is 0.687. The Morgan fingerprint density at radius 3 is 2.84 bits per heavy atom. The van der Waals surface area contributed by atoms with Crippen molar-refractivity contribution in [1.82, 2.24) is 10.6 Å². The second-order valence-electron chi connectivity index (χ2n) is 3.93. The van der Waals surface area contributed by atoms with E-state index in [1.54, 1.807) is 18.2 Å². The lowest BCUT2D eigenvalue weighted by Crippen LogP contribution is -2.37. The maximum absolute atomic E-state index is 10.1. The average molecular weight is 282 g/mol. The van der Waals surface area contributed by atoms with E-state index in [2.05, 4.69) is 22.2 Å². The molecule has 1 atom stereocenters. The lowest BCUT2D eigenvalue weighted by Gasteiger charge is -2.13. The van der Waals surface area contributed by atoms with Crippen LogP contribution in [-0.4, -0.2) is 30.7 Å². The first-order chi connectivity index (χ1) is 9.19. The fraction of sp³-hybridized carbons (Fsp3) is 0.357. The molecule has 0 saturated carbocycles. The van der Waals surface area contributed by atoms with E-state index in [1.807, 2.05) is 19.1 Å². The van der Waals surface area contributed by atoms with Crippen molar-refractivity contribution in [1.29, 1.82) is 0 Å². The molecule has 0 aliphatic carbocycles. The summed E-state index contributed by atoms with van der Waals surface area (Å²) in [4.78, 5) is 4.31. The Morgan fingerprint density at radius 2 is 2.21 bits per heavy atom. The maximum atomic E-state index is 10.1. The van der Waals surface area contributed by atoms with Gasteiger partial charge in [0.05, 0.1) is 6.54 Å². The highest BCUT2D eigenvalue weighted by Crippen LogP contribution is 2.22. The standard InChI is InChI=1S/C14H20ClN3O/c1-3-9-17-14(16-4-2)18-10-13(19)11-7-5-6-8-12(11)15/h3,5-8,13,19H,1,4,9-10H2,2H3,(H2,16,17,18). The highest BCUT2D eigenvalue weighted by Gasteiger charge is 2.10. The third kappa shape index (κ3) is 5.32. The van der Waals surface area contributed by atoms with E-state index < -0.39 is 6.10 Å². The van der Waals surface area contributed by atoms with Gasteiger partial charge in [0.15, 0.2) is 5.96 Å². The zero-order valence-corrected chi connectivity index (χ0v) is 11.8. The number of benzene rings is 1. The molecule has 0 fully saturated rings. The third-order valence-electron chi connectivity index (χ3n) is 2.44. The SMILES string of the molecule is C=CCNC(=NCC(O)c1ccccc1Cl)NCC. The van der Waals surface area contributed by atoms with Gasteiger partial charge in [-0.25, -0.2) is 0 Å². The first kappa shape index (κ1) is 15.5. The Balaban J connectivity index is 2.66. The summed E-state index contributed by atoms with van der Waals surface area (Å²) in [6.07, 6.45) is 1.03. The van der Waals surface area contributed by atoms with Crippen molar-refractivity contribution in [2.24, 2.45) is 4.99 Å². The van der Waals surface area contributed by atoms with Gasteiger partial charge in [0.1, 0.15) is 6.10 Å². The van der Waals surface area contributed by atoms with Gasteiger partial charge in [-0.3, -0.25) is 4.99 Å². The highest BCUT2D eigenvalue weighted by molar-refractivity contribution is 6.31. The number of halogens is 1. The first-order valence-corrected chi connectivity index (χ1v) is 6.62. The minimum absolute atomic E-state index is 0.246. The molecule has 0 aliphatic rings. The number of hydrogen-bond acceptors (Lipinski definition) is 2. The number of nitrogens with zero attached hydrogens (tertiary/aromatic N) is 1.